The highest BCUT2D eigenvalue weighted by molar-refractivity contribution is 6.34. The zero-order valence-corrected chi connectivity index (χ0v) is 17.4. The molecule has 170 valence electrons. The van der Waals surface area contributed by atoms with Gasteiger partial charge in [0.05, 0.1) is 18.8 Å². The Morgan fingerprint density at radius 1 is 0.871 bits per heavy atom. The number of benzene rings is 1. The molecular weight excluding hydrogens is 415 g/mol. The summed E-state index contributed by atoms with van der Waals surface area (Å²) in [4.78, 5) is 42.0. The number of rotatable bonds is 3. The number of nitrogens with zero attached hydrogens (tertiary/aromatic N) is 3. The molecule has 0 aromatic heterocycles. The number of morpholine rings is 1. The second-order valence-corrected chi connectivity index (χ2v) is 7.80. The van der Waals surface area contributed by atoms with E-state index >= 15 is 0 Å². The number of alkyl halides is 3. The quantitative estimate of drug-likeness (QED) is 0.670. The summed E-state index contributed by atoms with van der Waals surface area (Å²) in [6.07, 6.45) is -4.23. The third kappa shape index (κ3) is 5.75. The van der Waals surface area contributed by atoms with Gasteiger partial charge in [-0.25, -0.2) is 0 Å². The molecule has 7 nitrogen and oxygen atoms in total. The molecule has 10 heteroatoms. The van der Waals surface area contributed by atoms with Crippen molar-refractivity contribution in [3.05, 3.63) is 35.4 Å². The van der Waals surface area contributed by atoms with Crippen molar-refractivity contribution in [2.24, 2.45) is 0 Å². The van der Waals surface area contributed by atoms with E-state index in [2.05, 4.69) is 0 Å². The van der Waals surface area contributed by atoms with Gasteiger partial charge < -0.3 is 19.4 Å². The Morgan fingerprint density at radius 3 is 1.87 bits per heavy atom. The molecule has 31 heavy (non-hydrogen) atoms. The number of hydrogen-bond acceptors (Lipinski definition) is 4. The predicted molar refractivity (Wildman–Crippen MR) is 105 cm³/mol. The first-order chi connectivity index (χ1) is 14.7. The Kier molecular flexibility index (Phi) is 7.19. The van der Waals surface area contributed by atoms with Gasteiger partial charge in [-0.15, -0.1) is 0 Å². The lowest BCUT2D eigenvalue weighted by atomic mass is 9.96. The molecule has 1 aromatic carbocycles. The molecule has 3 rings (SSSR count). The summed E-state index contributed by atoms with van der Waals surface area (Å²) in [6, 6.07) is 4.83. The molecule has 1 atom stereocenters. The smallest absolute Gasteiger partial charge is 0.378 e. The first-order valence-corrected chi connectivity index (χ1v) is 10.3. The van der Waals surface area contributed by atoms with Crippen molar-refractivity contribution in [2.75, 3.05) is 52.5 Å². The van der Waals surface area contributed by atoms with Crippen LogP contribution >= 0.6 is 0 Å². The zero-order valence-electron chi connectivity index (χ0n) is 17.4. The first kappa shape index (κ1) is 23.1. The molecule has 2 saturated heterocycles. The molecule has 0 saturated carbocycles. The van der Waals surface area contributed by atoms with E-state index in [1.165, 1.54) is 21.9 Å². The fourth-order valence-electron chi connectivity index (χ4n) is 3.71. The van der Waals surface area contributed by atoms with Gasteiger partial charge in [0.2, 0.25) is 5.91 Å². The fraction of sp³-hybridized carbons (Fsp3) is 0.571. The van der Waals surface area contributed by atoms with E-state index in [1.54, 1.807) is 11.8 Å². The van der Waals surface area contributed by atoms with Crippen LogP contribution in [0, 0.1) is 0 Å². The summed E-state index contributed by atoms with van der Waals surface area (Å²) in [6.45, 7) is 4.60. The molecule has 2 fully saturated rings. The van der Waals surface area contributed by atoms with Crippen LogP contribution in [0.1, 0.15) is 30.4 Å². The zero-order chi connectivity index (χ0) is 22.6. The minimum atomic E-state index is -4.39. The number of carbonyl (C=O) groups excluding carboxylic acids is 3. The normalized spacial score (nSPS) is 18.6. The molecule has 0 radical (unpaired) electrons. The van der Waals surface area contributed by atoms with Crippen molar-refractivity contribution in [1.82, 2.24) is 14.7 Å². The van der Waals surface area contributed by atoms with Gasteiger partial charge in [0.25, 0.3) is 0 Å². The summed E-state index contributed by atoms with van der Waals surface area (Å²) in [7, 11) is 0. The lowest BCUT2D eigenvalue weighted by Gasteiger charge is -2.36. The molecule has 3 amide bonds. The van der Waals surface area contributed by atoms with Gasteiger partial charge in [-0.3, -0.25) is 14.4 Å². The SMILES string of the molecule is CC(CC(=O)N1CCN(C(=O)C(=O)N2CCOCC2)CC1)c1ccc(C(F)(F)F)cc1. The average molecular weight is 441 g/mol. The predicted octanol–water partition coefficient (Wildman–Crippen LogP) is 1.73. The summed E-state index contributed by atoms with van der Waals surface area (Å²) >= 11 is 0. The Labute approximate surface area is 178 Å². The van der Waals surface area contributed by atoms with Gasteiger partial charge in [0.1, 0.15) is 0 Å². The minimum absolute atomic E-state index is 0.126. The van der Waals surface area contributed by atoms with E-state index in [9.17, 15) is 27.6 Å². The summed E-state index contributed by atoms with van der Waals surface area (Å²) in [5.74, 6) is -1.47. The van der Waals surface area contributed by atoms with Crippen molar-refractivity contribution in [1.29, 1.82) is 0 Å². The van der Waals surface area contributed by atoms with Crippen LogP contribution in [0.25, 0.3) is 0 Å². The largest absolute Gasteiger partial charge is 0.416 e. The van der Waals surface area contributed by atoms with Gasteiger partial charge in [-0.1, -0.05) is 19.1 Å². The molecule has 0 spiro atoms. The molecule has 1 unspecified atom stereocenters. The van der Waals surface area contributed by atoms with Crippen LogP contribution in [0.2, 0.25) is 0 Å². The van der Waals surface area contributed by atoms with Crippen LogP contribution < -0.4 is 0 Å². The number of piperazine rings is 1. The third-order valence-corrected chi connectivity index (χ3v) is 5.69. The summed E-state index contributed by atoms with van der Waals surface area (Å²) in [5.41, 5.74) is -0.0616. The van der Waals surface area contributed by atoms with Crippen LogP contribution in [0.3, 0.4) is 0 Å². The Balaban J connectivity index is 1.48. The van der Waals surface area contributed by atoms with Crippen LogP contribution in [0.5, 0.6) is 0 Å². The Morgan fingerprint density at radius 2 is 1.35 bits per heavy atom. The number of ether oxygens (including phenoxy) is 1. The van der Waals surface area contributed by atoms with Gasteiger partial charge in [-0.2, -0.15) is 13.2 Å². The van der Waals surface area contributed by atoms with Gasteiger partial charge >= 0.3 is 18.0 Å². The Hall–Kier alpha value is -2.62. The Bertz CT molecular complexity index is 799. The van der Waals surface area contributed by atoms with E-state index in [0.29, 0.717) is 45.0 Å². The molecular formula is C21H26F3N3O4. The standard InChI is InChI=1S/C21H26F3N3O4/c1-15(16-2-4-17(5-3-16)21(22,23)24)14-18(28)25-6-8-26(9-7-25)19(29)20(30)27-10-12-31-13-11-27/h2-5,15H,6-14H2,1H3. The second-order valence-electron chi connectivity index (χ2n) is 7.80. The topological polar surface area (TPSA) is 70.2 Å². The van der Waals surface area contributed by atoms with E-state index in [1.807, 2.05) is 0 Å². The summed E-state index contributed by atoms with van der Waals surface area (Å²) < 4.78 is 43.3. The molecule has 0 N–H and O–H groups in total. The molecule has 2 aliphatic rings. The van der Waals surface area contributed by atoms with Crippen molar-refractivity contribution in [3.8, 4) is 0 Å². The van der Waals surface area contributed by atoms with E-state index in [4.69, 9.17) is 4.74 Å². The van der Waals surface area contributed by atoms with Crippen LogP contribution in [-0.4, -0.2) is 84.9 Å². The molecule has 2 aliphatic heterocycles. The van der Waals surface area contributed by atoms with Gasteiger partial charge in [-0.05, 0) is 23.6 Å². The maximum atomic E-state index is 12.7. The van der Waals surface area contributed by atoms with Crippen molar-refractivity contribution >= 4 is 17.7 Å². The summed E-state index contributed by atoms with van der Waals surface area (Å²) in [5, 5.41) is 0. The highest BCUT2D eigenvalue weighted by Gasteiger charge is 2.32. The number of amides is 3. The number of carbonyl (C=O) groups is 3. The van der Waals surface area contributed by atoms with Crippen molar-refractivity contribution < 1.29 is 32.3 Å². The van der Waals surface area contributed by atoms with E-state index in [0.717, 1.165) is 12.1 Å². The van der Waals surface area contributed by atoms with Crippen LogP contribution in [0.4, 0.5) is 13.2 Å². The first-order valence-electron chi connectivity index (χ1n) is 10.3. The average Bonchev–Trinajstić information content (AvgIpc) is 2.78. The fourth-order valence-corrected chi connectivity index (χ4v) is 3.71. The highest BCUT2D eigenvalue weighted by Crippen LogP contribution is 2.30. The maximum Gasteiger partial charge on any atom is 0.416 e. The van der Waals surface area contributed by atoms with Gasteiger partial charge in [0, 0.05) is 45.7 Å². The van der Waals surface area contributed by atoms with Crippen LogP contribution in [0.15, 0.2) is 24.3 Å². The number of hydrogen-bond donors (Lipinski definition) is 0. The third-order valence-electron chi connectivity index (χ3n) is 5.69. The number of halogens is 3. The molecule has 2 heterocycles. The minimum Gasteiger partial charge on any atom is -0.378 e. The van der Waals surface area contributed by atoms with Crippen molar-refractivity contribution in [3.63, 3.8) is 0 Å². The van der Waals surface area contributed by atoms with Crippen LogP contribution in [-0.2, 0) is 25.3 Å². The second kappa shape index (κ2) is 9.67. The lowest BCUT2D eigenvalue weighted by Crippen LogP contribution is -2.55. The van der Waals surface area contributed by atoms with Gasteiger partial charge in [0.15, 0.2) is 0 Å². The molecule has 0 aliphatic carbocycles. The van der Waals surface area contributed by atoms with E-state index < -0.39 is 23.6 Å². The van der Waals surface area contributed by atoms with E-state index in [-0.39, 0.29) is 31.3 Å². The monoisotopic (exact) mass is 441 g/mol. The molecule has 1 aromatic rings. The molecule has 0 bridgehead atoms. The lowest BCUT2D eigenvalue weighted by molar-refractivity contribution is -0.155. The highest BCUT2D eigenvalue weighted by atomic mass is 19.4. The van der Waals surface area contributed by atoms with Crippen molar-refractivity contribution in [2.45, 2.75) is 25.4 Å². The maximum absolute atomic E-state index is 12.7.